The van der Waals surface area contributed by atoms with Crippen LogP contribution in [0.2, 0.25) is 0 Å². The number of aliphatic hydroxyl groups excluding tert-OH is 1. The standard InChI is InChI=1S/C18H23N3O2S/c1-13-18(23)15(14(12-22)9-20-13)10-19-11-16(17-5-4-8-24-17)21-6-2-3-7-21/h4-5,8-10,16,22-23H,2-3,6-7,11-12H2,1H3/t16-/m1/s1. The molecule has 1 aliphatic heterocycles. The van der Waals surface area contributed by atoms with E-state index in [2.05, 4.69) is 32.4 Å². The van der Waals surface area contributed by atoms with E-state index in [4.69, 9.17) is 0 Å². The van der Waals surface area contributed by atoms with E-state index in [9.17, 15) is 10.2 Å². The number of aliphatic imine (C=N–C) groups is 1. The number of aromatic nitrogens is 1. The first-order valence-corrected chi connectivity index (χ1v) is 9.14. The van der Waals surface area contributed by atoms with Crippen molar-refractivity contribution < 1.29 is 10.2 Å². The Morgan fingerprint density at radius 2 is 2.21 bits per heavy atom. The summed E-state index contributed by atoms with van der Waals surface area (Å²) in [5.41, 5.74) is 1.70. The van der Waals surface area contributed by atoms with Crippen LogP contribution < -0.4 is 0 Å². The zero-order valence-electron chi connectivity index (χ0n) is 13.9. The van der Waals surface area contributed by atoms with Crippen LogP contribution in [0.5, 0.6) is 5.75 Å². The fraction of sp³-hybridized carbons (Fsp3) is 0.444. The van der Waals surface area contributed by atoms with Crippen molar-refractivity contribution in [3.05, 3.63) is 45.4 Å². The van der Waals surface area contributed by atoms with Gasteiger partial charge in [-0.05, 0) is 44.3 Å². The first kappa shape index (κ1) is 17.1. The minimum Gasteiger partial charge on any atom is -0.505 e. The van der Waals surface area contributed by atoms with E-state index >= 15 is 0 Å². The second-order valence-electron chi connectivity index (χ2n) is 6.06. The molecule has 3 rings (SSSR count). The molecule has 0 radical (unpaired) electrons. The van der Waals surface area contributed by atoms with E-state index in [-0.39, 0.29) is 18.4 Å². The number of aromatic hydroxyl groups is 1. The fourth-order valence-corrected chi connectivity index (χ4v) is 3.94. The van der Waals surface area contributed by atoms with Gasteiger partial charge in [0.15, 0.2) is 0 Å². The number of rotatable bonds is 6. The minimum atomic E-state index is -0.164. The quantitative estimate of drug-likeness (QED) is 0.790. The summed E-state index contributed by atoms with van der Waals surface area (Å²) in [6.07, 6.45) is 5.75. The average Bonchev–Trinajstić information content (AvgIpc) is 3.29. The van der Waals surface area contributed by atoms with Crippen LogP contribution in [-0.4, -0.2) is 45.9 Å². The molecule has 2 aromatic heterocycles. The van der Waals surface area contributed by atoms with Crippen LogP contribution in [-0.2, 0) is 6.61 Å². The molecule has 3 heterocycles. The van der Waals surface area contributed by atoms with E-state index in [1.165, 1.54) is 17.7 Å². The maximum absolute atomic E-state index is 10.2. The van der Waals surface area contributed by atoms with Gasteiger partial charge in [-0.25, -0.2) is 0 Å². The molecule has 0 unspecified atom stereocenters. The smallest absolute Gasteiger partial charge is 0.145 e. The Hall–Kier alpha value is -1.76. The van der Waals surface area contributed by atoms with Gasteiger partial charge in [0.2, 0.25) is 0 Å². The lowest BCUT2D eigenvalue weighted by Gasteiger charge is -2.25. The van der Waals surface area contributed by atoms with Gasteiger partial charge in [-0.2, -0.15) is 0 Å². The molecule has 24 heavy (non-hydrogen) atoms. The van der Waals surface area contributed by atoms with Crippen LogP contribution in [0.15, 0.2) is 28.7 Å². The Labute approximate surface area is 146 Å². The SMILES string of the molecule is Cc1ncc(CO)c(C=NC[C@H](c2cccs2)N2CCCC2)c1O. The van der Waals surface area contributed by atoms with Crippen LogP contribution in [0.4, 0.5) is 0 Å². The summed E-state index contributed by atoms with van der Waals surface area (Å²) in [5, 5.41) is 21.7. The van der Waals surface area contributed by atoms with Gasteiger partial charge in [0.25, 0.3) is 0 Å². The maximum atomic E-state index is 10.2. The Balaban J connectivity index is 1.80. The van der Waals surface area contributed by atoms with Crippen molar-refractivity contribution in [3.63, 3.8) is 0 Å². The average molecular weight is 345 g/mol. The summed E-state index contributed by atoms with van der Waals surface area (Å²) >= 11 is 1.76. The molecule has 2 aromatic rings. The van der Waals surface area contributed by atoms with E-state index in [0.29, 0.717) is 23.4 Å². The maximum Gasteiger partial charge on any atom is 0.145 e. The third-order valence-corrected chi connectivity index (χ3v) is 5.45. The van der Waals surface area contributed by atoms with Gasteiger partial charge in [-0.3, -0.25) is 14.9 Å². The predicted octanol–water partition coefficient (Wildman–Crippen LogP) is 2.91. The summed E-state index contributed by atoms with van der Waals surface area (Å²) in [5.74, 6) is 0.0964. The molecule has 1 aliphatic rings. The van der Waals surface area contributed by atoms with Crippen molar-refractivity contribution in [3.8, 4) is 5.75 Å². The molecule has 0 aliphatic carbocycles. The number of aliphatic hydroxyl groups is 1. The second-order valence-corrected chi connectivity index (χ2v) is 7.04. The molecular weight excluding hydrogens is 322 g/mol. The molecular formula is C18H23N3O2S. The Morgan fingerprint density at radius 1 is 1.42 bits per heavy atom. The molecule has 2 N–H and O–H groups in total. The molecule has 0 bridgehead atoms. The van der Waals surface area contributed by atoms with E-state index in [1.807, 2.05) is 0 Å². The first-order valence-electron chi connectivity index (χ1n) is 8.26. The molecule has 128 valence electrons. The largest absolute Gasteiger partial charge is 0.505 e. The monoisotopic (exact) mass is 345 g/mol. The number of aryl methyl sites for hydroxylation is 1. The van der Waals surface area contributed by atoms with Crippen LogP contribution in [0.25, 0.3) is 0 Å². The van der Waals surface area contributed by atoms with Crippen molar-refractivity contribution in [1.29, 1.82) is 0 Å². The van der Waals surface area contributed by atoms with Gasteiger partial charge in [0.1, 0.15) is 5.75 Å². The van der Waals surface area contributed by atoms with Gasteiger partial charge in [0, 0.05) is 28.4 Å². The first-order chi connectivity index (χ1) is 11.7. The van der Waals surface area contributed by atoms with Crippen molar-refractivity contribution in [2.75, 3.05) is 19.6 Å². The Bertz CT molecular complexity index is 695. The lowest BCUT2D eigenvalue weighted by atomic mass is 10.1. The van der Waals surface area contributed by atoms with Crippen LogP contribution >= 0.6 is 11.3 Å². The van der Waals surface area contributed by atoms with Gasteiger partial charge >= 0.3 is 0 Å². The highest BCUT2D eigenvalue weighted by molar-refractivity contribution is 7.10. The summed E-state index contributed by atoms with van der Waals surface area (Å²) < 4.78 is 0. The zero-order valence-corrected chi connectivity index (χ0v) is 14.7. The molecule has 6 heteroatoms. The topological polar surface area (TPSA) is 69.0 Å². The highest BCUT2D eigenvalue weighted by atomic mass is 32.1. The lowest BCUT2D eigenvalue weighted by Crippen LogP contribution is -2.27. The zero-order chi connectivity index (χ0) is 16.9. The molecule has 1 saturated heterocycles. The number of thiophene rings is 1. The van der Waals surface area contributed by atoms with Crippen molar-refractivity contribution in [1.82, 2.24) is 9.88 Å². The molecule has 0 spiro atoms. The summed E-state index contributed by atoms with van der Waals surface area (Å²) in [7, 11) is 0. The van der Waals surface area contributed by atoms with Crippen LogP contribution in [0.3, 0.4) is 0 Å². The lowest BCUT2D eigenvalue weighted by molar-refractivity contribution is 0.255. The van der Waals surface area contributed by atoms with E-state index < -0.39 is 0 Å². The van der Waals surface area contributed by atoms with Gasteiger partial charge in [0.05, 0.1) is 24.9 Å². The normalized spacial score (nSPS) is 16.9. The number of hydrogen-bond acceptors (Lipinski definition) is 6. The van der Waals surface area contributed by atoms with E-state index in [1.54, 1.807) is 30.7 Å². The number of pyridine rings is 1. The summed E-state index contributed by atoms with van der Waals surface area (Å²) in [6, 6.07) is 4.52. The predicted molar refractivity (Wildman–Crippen MR) is 96.9 cm³/mol. The second kappa shape index (κ2) is 7.88. The molecule has 1 fully saturated rings. The van der Waals surface area contributed by atoms with Gasteiger partial charge in [-0.15, -0.1) is 11.3 Å². The number of hydrogen-bond donors (Lipinski definition) is 2. The molecule has 1 atom stereocenters. The van der Waals surface area contributed by atoms with Gasteiger partial charge < -0.3 is 10.2 Å². The van der Waals surface area contributed by atoms with E-state index in [0.717, 1.165) is 13.1 Å². The van der Waals surface area contributed by atoms with Crippen LogP contribution in [0, 0.1) is 6.92 Å². The third kappa shape index (κ3) is 3.66. The highest BCUT2D eigenvalue weighted by Gasteiger charge is 2.23. The highest BCUT2D eigenvalue weighted by Crippen LogP contribution is 2.29. The third-order valence-electron chi connectivity index (χ3n) is 4.48. The number of likely N-dealkylation sites (tertiary alicyclic amines) is 1. The fourth-order valence-electron chi connectivity index (χ4n) is 3.09. The van der Waals surface area contributed by atoms with Gasteiger partial charge in [-0.1, -0.05) is 6.07 Å². The number of nitrogens with zero attached hydrogens (tertiary/aromatic N) is 3. The Kier molecular flexibility index (Phi) is 5.60. The summed E-state index contributed by atoms with van der Waals surface area (Å²) in [6.45, 7) is 4.44. The minimum absolute atomic E-state index is 0.0964. The molecule has 5 nitrogen and oxygen atoms in total. The molecule has 0 amide bonds. The Morgan fingerprint density at radius 3 is 2.88 bits per heavy atom. The molecule has 0 saturated carbocycles. The van der Waals surface area contributed by atoms with Crippen LogP contribution in [0.1, 0.15) is 40.6 Å². The van der Waals surface area contributed by atoms with Crippen molar-refractivity contribution >= 4 is 17.6 Å². The van der Waals surface area contributed by atoms with Crippen molar-refractivity contribution in [2.45, 2.75) is 32.4 Å². The van der Waals surface area contributed by atoms with Crippen molar-refractivity contribution in [2.24, 2.45) is 4.99 Å². The summed E-state index contributed by atoms with van der Waals surface area (Å²) in [4.78, 5) is 12.5. The molecule has 0 aromatic carbocycles.